The Morgan fingerprint density at radius 1 is 1.54 bits per heavy atom. The van der Waals surface area contributed by atoms with Crippen LogP contribution in [-0.2, 0) is 14.3 Å². The molecule has 0 aliphatic heterocycles. The Hall–Kier alpha value is -0.350. The Kier molecular flexibility index (Phi) is 3.50. The lowest BCUT2D eigenvalue weighted by atomic mass is 10.0. The van der Waals surface area contributed by atoms with Crippen LogP contribution < -0.4 is 0 Å². The summed E-state index contributed by atoms with van der Waals surface area (Å²) in [5, 5.41) is 0. The van der Waals surface area contributed by atoms with E-state index >= 15 is 0 Å². The largest absolute Gasteiger partial charge is 0.267 e. The number of rotatable bonds is 4. The average molecular weight is 204 g/mol. The summed E-state index contributed by atoms with van der Waals surface area (Å²) in [4.78, 5) is 0. The molecular formula is C9H16O3S. The molecule has 0 aromatic carbocycles. The Morgan fingerprint density at radius 3 is 2.77 bits per heavy atom. The van der Waals surface area contributed by atoms with E-state index in [4.69, 9.17) is 4.18 Å². The first-order valence-electron chi connectivity index (χ1n) is 4.52. The second-order valence-electron chi connectivity index (χ2n) is 3.55. The van der Waals surface area contributed by atoms with Crippen LogP contribution in [-0.4, -0.2) is 20.8 Å². The monoisotopic (exact) mass is 204 g/mol. The minimum atomic E-state index is -3.29. The van der Waals surface area contributed by atoms with Crippen molar-refractivity contribution in [1.29, 1.82) is 0 Å². The number of hydrogen-bond acceptors (Lipinski definition) is 3. The van der Waals surface area contributed by atoms with E-state index in [9.17, 15) is 8.42 Å². The molecule has 0 N–H and O–H groups in total. The molecule has 1 saturated carbocycles. The lowest BCUT2D eigenvalue weighted by Gasteiger charge is -2.16. The van der Waals surface area contributed by atoms with Gasteiger partial charge in [0, 0.05) is 0 Å². The summed E-state index contributed by atoms with van der Waals surface area (Å²) < 4.78 is 26.8. The summed E-state index contributed by atoms with van der Waals surface area (Å²) in [6.07, 6.45) is 6.62. The normalized spacial score (nSPS) is 29.0. The standard InChI is InChI=1S/C9H16O3S/c1-3-5-8-6-4-7-9(8)12-13(2,10)11/h3,8-9H,1,4-7H2,2H3. The van der Waals surface area contributed by atoms with Gasteiger partial charge < -0.3 is 0 Å². The van der Waals surface area contributed by atoms with Crippen molar-refractivity contribution in [2.75, 3.05) is 6.26 Å². The lowest BCUT2D eigenvalue weighted by Crippen LogP contribution is -2.21. The maximum absolute atomic E-state index is 10.9. The lowest BCUT2D eigenvalue weighted by molar-refractivity contribution is 0.169. The van der Waals surface area contributed by atoms with Crippen LogP contribution in [0, 0.1) is 5.92 Å². The molecule has 0 heterocycles. The van der Waals surface area contributed by atoms with Crippen LogP contribution >= 0.6 is 0 Å². The van der Waals surface area contributed by atoms with Gasteiger partial charge in [-0.05, 0) is 25.2 Å². The molecule has 0 amide bonds. The van der Waals surface area contributed by atoms with E-state index in [1.54, 1.807) is 0 Å². The Morgan fingerprint density at radius 2 is 2.23 bits per heavy atom. The summed E-state index contributed by atoms with van der Waals surface area (Å²) in [6, 6.07) is 0. The van der Waals surface area contributed by atoms with Crippen molar-refractivity contribution >= 4 is 10.1 Å². The van der Waals surface area contributed by atoms with E-state index in [2.05, 4.69) is 6.58 Å². The molecule has 0 saturated heterocycles. The van der Waals surface area contributed by atoms with Crippen molar-refractivity contribution < 1.29 is 12.6 Å². The molecule has 1 aliphatic rings. The summed E-state index contributed by atoms with van der Waals surface area (Å²) in [6.45, 7) is 3.65. The van der Waals surface area contributed by atoms with Crippen molar-refractivity contribution in [1.82, 2.24) is 0 Å². The van der Waals surface area contributed by atoms with Crippen LogP contribution in [0.4, 0.5) is 0 Å². The van der Waals surface area contributed by atoms with E-state index in [1.165, 1.54) is 0 Å². The first kappa shape index (κ1) is 10.7. The smallest absolute Gasteiger partial charge is 0.264 e. The van der Waals surface area contributed by atoms with Gasteiger partial charge in [0.1, 0.15) is 0 Å². The fraction of sp³-hybridized carbons (Fsp3) is 0.778. The molecule has 1 fully saturated rings. The average Bonchev–Trinajstić information content (AvgIpc) is 2.34. The SMILES string of the molecule is C=CCC1CCCC1OS(C)(=O)=O. The maximum Gasteiger partial charge on any atom is 0.264 e. The Bertz CT molecular complexity index is 269. The zero-order valence-electron chi connectivity index (χ0n) is 7.90. The molecule has 4 heteroatoms. The van der Waals surface area contributed by atoms with Gasteiger partial charge >= 0.3 is 0 Å². The molecule has 1 aliphatic carbocycles. The van der Waals surface area contributed by atoms with Gasteiger partial charge in [0.2, 0.25) is 0 Å². The third-order valence-corrected chi connectivity index (χ3v) is 2.95. The minimum absolute atomic E-state index is 0.118. The first-order chi connectivity index (χ1) is 6.03. The summed E-state index contributed by atoms with van der Waals surface area (Å²) in [5.74, 6) is 0.340. The van der Waals surface area contributed by atoms with Crippen molar-refractivity contribution in [2.45, 2.75) is 31.8 Å². The van der Waals surface area contributed by atoms with Gasteiger partial charge in [-0.3, -0.25) is 4.18 Å². The molecule has 13 heavy (non-hydrogen) atoms. The highest BCUT2D eigenvalue weighted by atomic mass is 32.2. The molecule has 0 radical (unpaired) electrons. The van der Waals surface area contributed by atoms with Crippen molar-refractivity contribution in [2.24, 2.45) is 5.92 Å². The van der Waals surface area contributed by atoms with E-state index in [1.807, 2.05) is 6.08 Å². The quantitative estimate of drug-likeness (QED) is 0.517. The summed E-state index contributed by atoms with van der Waals surface area (Å²) in [5.41, 5.74) is 0. The second-order valence-corrected chi connectivity index (χ2v) is 5.15. The second kappa shape index (κ2) is 4.24. The van der Waals surface area contributed by atoms with Gasteiger partial charge in [0.15, 0.2) is 0 Å². The molecule has 0 spiro atoms. The molecule has 2 atom stereocenters. The predicted octanol–water partition coefficient (Wildman–Crippen LogP) is 1.71. The van der Waals surface area contributed by atoms with Gasteiger partial charge in [0.25, 0.3) is 10.1 Å². The third-order valence-electron chi connectivity index (χ3n) is 2.36. The number of allylic oxidation sites excluding steroid dienone is 1. The van der Waals surface area contributed by atoms with Crippen molar-refractivity contribution in [3.63, 3.8) is 0 Å². The van der Waals surface area contributed by atoms with Crippen molar-refractivity contribution in [3.05, 3.63) is 12.7 Å². The molecule has 0 aromatic rings. The van der Waals surface area contributed by atoms with Gasteiger partial charge in [-0.2, -0.15) is 8.42 Å². The van der Waals surface area contributed by atoms with Gasteiger partial charge in [-0.25, -0.2) is 0 Å². The zero-order chi connectivity index (χ0) is 9.90. The van der Waals surface area contributed by atoms with E-state index in [-0.39, 0.29) is 6.10 Å². The van der Waals surface area contributed by atoms with Crippen LogP contribution in [0.1, 0.15) is 25.7 Å². The fourth-order valence-corrected chi connectivity index (χ4v) is 2.54. The van der Waals surface area contributed by atoms with E-state index in [0.717, 1.165) is 31.9 Å². The molecule has 76 valence electrons. The van der Waals surface area contributed by atoms with E-state index in [0.29, 0.717) is 5.92 Å². The topological polar surface area (TPSA) is 43.4 Å². The molecule has 0 aromatic heterocycles. The zero-order valence-corrected chi connectivity index (χ0v) is 8.72. The highest BCUT2D eigenvalue weighted by Gasteiger charge is 2.29. The molecule has 0 bridgehead atoms. The van der Waals surface area contributed by atoms with Gasteiger partial charge in [-0.1, -0.05) is 12.5 Å². The van der Waals surface area contributed by atoms with Gasteiger partial charge in [-0.15, -0.1) is 6.58 Å². The maximum atomic E-state index is 10.9. The molecule has 3 nitrogen and oxygen atoms in total. The molecular weight excluding hydrogens is 188 g/mol. The molecule has 2 unspecified atom stereocenters. The van der Waals surface area contributed by atoms with Crippen LogP contribution in [0.5, 0.6) is 0 Å². The number of hydrogen-bond donors (Lipinski definition) is 0. The minimum Gasteiger partial charge on any atom is -0.267 e. The van der Waals surface area contributed by atoms with Crippen LogP contribution in [0.15, 0.2) is 12.7 Å². The fourth-order valence-electron chi connectivity index (χ4n) is 1.84. The summed E-state index contributed by atoms with van der Waals surface area (Å²) >= 11 is 0. The Labute approximate surface area is 79.9 Å². The van der Waals surface area contributed by atoms with Crippen LogP contribution in [0.3, 0.4) is 0 Å². The highest BCUT2D eigenvalue weighted by Crippen LogP contribution is 2.31. The van der Waals surface area contributed by atoms with Gasteiger partial charge in [0.05, 0.1) is 12.4 Å². The highest BCUT2D eigenvalue weighted by molar-refractivity contribution is 7.86. The van der Waals surface area contributed by atoms with Crippen LogP contribution in [0.25, 0.3) is 0 Å². The first-order valence-corrected chi connectivity index (χ1v) is 6.34. The summed E-state index contributed by atoms with van der Waals surface area (Å²) in [7, 11) is -3.29. The van der Waals surface area contributed by atoms with E-state index < -0.39 is 10.1 Å². The molecule has 1 rings (SSSR count). The van der Waals surface area contributed by atoms with Crippen LogP contribution in [0.2, 0.25) is 0 Å². The predicted molar refractivity (Wildman–Crippen MR) is 51.9 cm³/mol. The Balaban J connectivity index is 2.53. The third kappa shape index (κ3) is 3.48. The van der Waals surface area contributed by atoms with Crippen molar-refractivity contribution in [3.8, 4) is 0 Å².